The fourth-order valence-corrected chi connectivity index (χ4v) is 4.04. The molecule has 2 N–H and O–H groups in total. The lowest BCUT2D eigenvalue weighted by atomic mass is 10.2. The average Bonchev–Trinajstić information content (AvgIpc) is 2.75. The van der Waals surface area contributed by atoms with Gasteiger partial charge in [-0.25, -0.2) is 13.4 Å². The number of benzene rings is 2. The van der Waals surface area contributed by atoms with Crippen LogP contribution < -0.4 is 20.1 Å². The maximum absolute atomic E-state index is 12.3. The summed E-state index contributed by atoms with van der Waals surface area (Å²) in [5.41, 5.74) is 0.978. The van der Waals surface area contributed by atoms with Crippen LogP contribution in [0.4, 0.5) is 0 Å². The summed E-state index contributed by atoms with van der Waals surface area (Å²) in [5, 5.41) is 6.35. The van der Waals surface area contributed by atoms with Crippen LogP contribution in [0.25, 0.3) is 0 Å². The van der Waals surface area contributed by atoms with E-state index in [0.717, 1.165) is 5.56 Å². The highest BCUT2D eigenvalue weighted by Crippen LogP contribution is 2.27. The van der Waals surface area contributed by atoms with Crippen LogP contribution in [0.3, 0.4) is 0 Å². The molecule has 0 saturated carbocycles. The second-order valence-electron chi connectivity index (χ2n) is 6.30. The van der Waals surface area contributed by atoms with E-state index in [0.29, 0.717) is 48.4 Å². The Morgan fingerprint density at radius 2 is 1.72 bits per heavy atom. The van der Waals surface area contributed by atoms with Gasteiger partial charge < -0.3 is 20.1 Å². The summed E-state index contributed by atoms with van der Waals surface area (Å²) in [5.74, 6) is 2.05. The normalized spacial score (nSPS) is 11.8. The fraction of sp³-hybridized carbons (Fsp3) is 0.381. The van der Waals surface area contributed by atoms with Crippen LogP contribution in [-0.4, -0.2) is 47.4 Å². The molecule has 0 aromatic heterocycles. The minimum absolute atomic E-state index is 0.0824. The SMILES string of the molecule is CCNC(=NCc1ccc(OC)c(OC)c1)NCCCS(=O)(=O)c1ccccc1. The Kier molecular flexibility index (Phi) is 8.79. The maximum atomic E-state index is 12.3. The van der Waals surface area contributed by atoms with Gasteiger partial charge in [-0.3, -0.25) is 0 Å². The first-order chi connectivity index (χ1) is 14.0. The molecule has 0 amide bonds. The predicted octanol–water partition coefficient (Wildman–Crippen LogP) is 2.62. The second kappa shape index (κ2) is 11.3. The number of hydrogen-bond donors (Lipinski definition) is 2. The van der Waals surface area contributed by atoms with Crippen molar-refractivity contribution in [2.24, 2.45) is 4.99 Å². The van der Waals surface area contributed by atoms with E-state index in [4.69, 9.17) is 9.47 Å². The Bertz CT molecular complexity index is 899. The monoisotopic (exact) mass is 419 g/mol. The number of nitrogens with one attached hydrogen (secondary N) is 2. The summed E-state index contributed by atoms with van der Waals surface area (Å²) in [6, 6.07) is 14.2. The molecule has 0 spiro atoms. The third kappa shape index (κ3) is 6.98. The Morgan fingerprint density at radius 3 is 2.38 bits per heavy atom. The lowest BCUT2D eigenvalue weighted by Gasteiger charge is -2.12. The van der Waals surface area contributed by atoms with E-state index in [-0.39, 0.29) is 5.75 Å². The minimum atomic E-state index is -3.27. The van der Waals surface area contributed by atoms with Crippen molar-refractivity contribution >= 4 is 15.8 Å². The summed E-state index contributed by atoms with van der Waals surface area (Å²) in [7, 11) is -0.0708. The predicted molar refractivity (Wildman–Crippen MR) is 115 cm³/mol. The molecule has 0 aliphatic heterocycles. The summed E-state index contributed by atoms with van der Waals surface area (Å²) in [4.78, 5) is 4.91. The number of rotatable bonds is 10. The van der Waals surface area contributed by atoms with Gasteiger partial charge in [-0.05, 0) is 43.2 Å². The average molecular weight is 420 g/mol. The van der Waals surface area contributed by atoms with Gasteiger partial charge in [0, 0.05) is 13.1 Å². The molecule has 0 aliphatic carbocycles. The van der Waals surface area contributed by atoms with Gasteiger partial charge in [0.2, 0.25) is 0 Å². The van der Waals surface area contributed by atoms with E-state index >= 15 is 0 Å². The Hall–Kier alpha value is -2.74. The highest BCUT2D eigenvalue weighted by molar-refractivity contribution is 7.91. The van der Waals surface area contributed by atoms with Crippen LogP contribution in [0.5, 0.6) is 11.5 Å². The number of ether oxygens (including phenoxy) is 2. The first-order valence-corrected chi connectivity index (χ1v) is 11.2. The lowest BCUT2D eigenvalue weighted by molar-refractivity contribution is 0.354. The van der Waals surface area contributed by atoms with Gasteiger partial charge in [-0.1, -0.05) is 24.3 Å². The molecule has 29 heavy (non-hydrogen) atoms. The number of hydrogen-bond acceptors (Lipinski definition) is 5. The molecular formula is C21H29N3O4S. The van der Waals surface area contributed by atoms with Crippen molar-refractivity contribution in [2.75, 3.05) is 33.1 Å². The van der Waals surface area contributed by atoms with Crippen molar-refractivity contribution in [3.63, 3.8) is 0 Å². The van der Waals surface area contributed by atoms with Crippen molar-refractivity contribution in [3.8, 4) is 11.5 Å². The first kappa shape index (κ1) is 22.5. The van der Waals surface area contributed by atoms with Crippen molar-refractivity contribution in [1.82, 2.24) is 10.6 Å². The van der Waals surface area contributed by atoms with E-state index < -0.39 is 9.84 Å². The van der Waals surface area contributed by atoms with E-state index in [1.165, 1.54) is 0 Å². The highest BCUT2D eigenvalue weighted by Gasteiger charge is 2.13. The van der Waals surface area contributed by atoms with Crippen LogP contribution >= 0.6 is 0 Å². The third-order valence-corrected chi connectivity index (χ3v) is 6.01. The molecule has 2 aromatic rings. The Labute approximate surface area is 173 Å². The molecule has 0 fully saturated rings. The number of methoxy groups -OCH3 is 2. The molecule has 0 radical (unpaired) electrons. The van der Waals surface area contributed by atoms with Crippen LogP contribution in [0.1, 0.15) is 18.9 Å². The highest BCUT2D eigenvalue weighted by atomic mass is 32.2. The Balaban J connectivity index is 1.91. The number of sulfone groups is 1. The topological polar surface area (TPSA) is 89.0 Å². The van der Waals surface area contributed by atoms with Gasteiger partial charge >= 0.3 is 0 Å². The van der Waals surface area contributed by atoms with Crippen LogP contribution in [0.2, 0.25) is 0 Å². The lowest BCUT2D eigenvalue weighted by Crippen LogP contribution is -2.38. The molecular weight excluding hydrogens is 390 g/mol. The molecule has 0 atom stereocenters. The van der Waals surface area contributed by atoms with E-state index in [9.17, 15) is 8.42 Å². The molecule has 7 nitrogen and oxygen atoms in total. The zero-order chi connectivity index (χ0) is 21.1. The molecule has 0 heterocycles. The molecule has 0 aliphatic rings. The molecule has 158 valence electrons. The molecule has 0 unspecified atom stereocenters. The van der Waals surface area contributed by atoms with Crippen molar-refractivity contribution in [1.29, 1.82) is 0 Å². The van der Waals surface area contributed by atoms with Crippen molar-refractivity contribution in [3.05, 3.63) is 54.1 Å². The molecule has 2 aromatic carbocycles. The van der Waals surface area contributed by atoms with E-state index in [2.05, 4.69) is 15.6 Å². The first-order valence-electron chi connectivity index (χ1n) is 9.51. The summed E-state index contributed by atoms with van der Waals surface area (Å²) in [6.45, 7) is 3.65. The fourth-order valence-electron chi connectivity index (χ4n) is 2.71. The van der Waals surface area contributed by atoms with Gasteiger partial charge in [-0.15, -0.1) is 0 Å². The zero-order valence-electron chi connectivity index (χ0n) is 17.1. The van der Waals surface area contributed by atoms with E-state index in [1.807, 2.05) is 25.1 Å². The van der Waals surface area contributed by atoms with Crippen LogP contribution in [0.15, 0.2) is 58.4 Å². The van der Waals surface area contributed by atoms with E-state index in [1.54, 1.807) is 44.6 Å². The maximum Gasteiger partial charge on any atom is 0.191 e. The van der Waals surface area contributed by atoms with Crippen LogP contribution in [0, 0.1) is 0 Å². The molecule has 8 heteroatoms. The van der Waals surface area contributed by atoms with Crippen molar-refractivity contribution in [2.45, 2.75) is 24.8 Å². The summed E-state index contributed by atoms with van der Waals surface area (Å²) in [6.07, 6.45) is 0.484. The largest absolute Gasteiger partial charge is 0.493 e. The second-order valence-corrected chi connectivity index (χ2v) is 8.41. The van der Waals surface area contributed by atoms with Gasteiger partial charge in [0.1, 0.15) is 0 Å². The molecule has 0 bridgehead atoms. The number of nitrogens with zero attached hydrogens (tertiary/aromatic N) is 1. The molecule has 0 saturated heterocycles. The molecule has 2 rings (SSSR count). The van der Waals surface area contributed by atoms with Gasteiger partial charge in [-0.2, -0.15) is 0 Å². The minimum Gasteiger partial charge on any atom is -0.493 e. The quantitative estimate of drug-likeness (QED) is 0.350. The number of guanidine groups is 1. The third-order valence-electron chi connectivity index (χ3n) is 4.20. The Morgan fingerprint density at radius 1 is 1.00 bits per heavy atom. The van der Waals surface area contributed by atoms with Crippen LogP contribution in [-0.2, 0) is 16.4 Å². The zero-order valence-corrected chi connectivity index (χ0v) is 18.0. The van der Waals surface area contributed by atoms with Crippen molar-refractivity contribution < 1.29 is 17.9 Å². The summed E-state index contributed by atoms with van der Waals surface area (Å²) < 4.78 is 35.2. The smallest absolute Gasteiger partial charge is 0.191 e. The van der Waals surface area contributed by atoms with Gasteiger partial charge in [0.15, 0.2) is 27.3 Å². The van der Waals surface area contributed by atoms with Gasteiger partial charge in [0.25, 0.3) is 0 Å². The summed E-state index contributed by atoms with van der Waals surface area (Å²) >= 11 is 0. The van der Waals surface area contributed by atoms with Gasteiger partial charge in [0.05, 0.1) is 31.4 Å². The number of aliphatic imine (C=N–C) groups is 1. The standard InChI is InChI=1S/C21H29N3O4S/c1-4-22-21(24-16-17-11-12-19(27-2)20(15-17)28-3)23-13-8-14-29(25,26)18-9-6-5-7-10-18/h5-7,9-12,15H,4,8,13-14,16H2,1-3H3,(H2,22,23,24).